The number of aromatic nitrogens is 6. The van der Waals surface area contributed by atoms with E-state index in [1.165, 1.54) is 0 Å². The number of nitrogens with one attached hydrogen (secondary N) is 3. The van der Waals surface area contributed by atoms with E-state index in [0.717, 1.165) is 5.56 Å². The predicted octanol–water partition coefficient (Wildman–Crippen LogP) is 2.05. The van der Waals surface area contributed by atoms with E-state index in [9.17, 15) is 9.59 Å². The SMILES string of the molecule is O=C(Nc1ccncc1)c1nc2c(N3CCOCC3)nccn2c1-c1ccc2[nH]c(=O)[nH]c2c1. The molecule has 1 aliphatic rings. The number of H-pyrrole nitrogens is 2. The maximum absolute atomic E-state index is 13.4. The van der Waals surface area contributed by atoms with Gasteiger partial charge in [0.25, 0.3) is 5.91 Å². The number of benzene rings is 1. The van der Waals surface area contributed by atoms with E-state index < -0.39 is 0 Å². The van der Waals surface area contributed by atoms with Crippen molar-refractivity contribution >= 4 is 34.1 Å². The first kappa shape index (κ1) is 20.1. The fraction of sp³-hybridized carbons (Fsp3) is 0.174. The lowest BCUT2D eigenvalue weighted by atomic mass is 10.1. The van der Waals surface area contributed by atoms with Crippen LogP contribution in [0, 0.1) is 0 Å². The summed E-state index contributed by atoms with van der Waals surface area (Å²) < 4.78 is 7.35. The molecule has 0 aliphatic carbocycles. The summed E-state index contributed by atoms with van der Waals surface area (Å²) in [6.45, 7) is 2.57. The summed E-state index contributed by atoms with van der Waals surface area (Å²) in [5.74, 6) is 0.326. The molecule has 0 unspecified atom stereocenters. The lowest BCUT2D eigenvalue weighted by molar-refractivity contribution is 0.102. The zero-order valence-electron chi connectivity index (χ0n) is 18.0. The highest BCUT2D eigenvalue weighted by atomic mass is 16.5. The van der Waals surface area contributed by atoms with Gasteiger partial charge in [-0.25, -0.2) is 14.8 Å². The Bertz CT molecular complexity index is 1560. The first-order valence-corrected chi connectivity index (χ1v) is 10.8. The Labute approximate surface area is 192 Å². The van der Waals surface area contributed by atoms with Gasteiger partial charge in [0.1, 0.15) is 0 Å². The van der Waals surface area contributed by atoms with E-state index in [-0.39, 0.29) is 17.3 Å². The number of hydrogen-bond donors (Lipinski definition) is 3. The van der Waals surface area contributed by atoms with Crippen LogP contribution in [0.5, 0.6) is 0 Å². The number of aromatic amines is 2. The Hall–Kier alpha value is -4.51. The van der Waals surface area contributed by atoms with Gasteiger partial charge in [-0.3, -0.25) is 14.2 Å². The van der Waals surface area contributed by atoms with Crippen molar-refractivity contribution in [1.29, 1.82) is 0 Å². The van der Waals surface area contributed by atoms with Crippen LogP contribution in [-0.4, -0.2) is 61.5 Å². The predicted molar refractivity (Wildman–Crippen MR) is 126 cm³/mol. The number of imidazole rings is 2. The third-order valence-corrected chi connectivity index (χ3v) is 5.78. The molecule has 0 spiro atoms. The van der Waals surface area contributed by atoms with E-state index in [2.05, 4.69) is 30.2 Å². The van der Waals surface area contributed by atoms with Crippen molar-refractivity contribution in [3.8, 4) is 11.3 Å². The Balaban J connectivity index is 1.54. The van der Waals surface area contributed by atoms with Gasteiger partial charge in [-0.15, -0.1) is 0 Å². The smallest absolute Gasteiger partial charge is 0.323 e. The topological polar surface area (TPSA) is 133 Å². The average Bonchev–Trinajstić information content (AvgIpc) is 3.44. The first-order chi connectivity index (χ1) is 16.7. The van der Waals surface area contributed by atoms with Crippen LogP contribution >= 0.6 is 0 Å². The van der Waals surface area contributed by atoms with Gasteiger partial charge in [-0.1, -0.05) is 6.07 Å². The van der Waals surface area contributed by atoms with Crippen LogP contribution in [0.4, 0.5) is 11.5 Å². The molecular formula is C23H20N8O3. The third kappa shape index (κ3) is 3.48. The molecule has 0 atom stereocenters. The molecule has 0 radical (unpaired) electrons. The van der Waals surface area contributed by atoms with Crippen molar-refractivity contribution < 1.29 is 9.53 Å². The maximum atomic E-state index is 13.4. The largest absolute Gasteiger partial charge is 0.378 e. The van der Waals surface area contributed by atoms with Crippen LogP contribution in [0.25, 0.3) is 27.9 Å². The molecule has 1 fully saturated rings. The number of hydrogen-bond acceptors (Lipinski definition) is 7. The lowest BCUT2D eigenvalue weighted by Gasteiger charge is -2.27. The third-order valence-electron chi connectivity index (χ3n) is 5.78. The standard InChI is InChI=1S/C23H20N8O3/c32-22(26-15-3-5-24-6-4-15)18-19(14-1-2-16-17(13-14)28-23(33)27-16)31-8-7-25-20(21(31)29-18)30-9-11-34-12-10-30/h1-8,13H,9-12H2,(H,24,26,32)(H2,27,28,33). The van der Waals surface area contributed by atoms with Crippen molar-refractivity contribution in [2.24, 2.45) is 0 Å². The van der Waals surface area contributed by atoms with Crippen molar-refractivity contribution in [2.45, 2.75) is 0 Å². The van der Waals surface area contributed by atoms with E-state index in [1.807, 2.05) is 16.5 Å². The molecule has 11 heteroatoms. The van der Waals surface area contributed by atoms with Crippen LogP contribution in [-0.2, 0) is 4.74 Å². The van der Waals surface area contributed by atoms with Crippen LogP contribution in [0.1, 0.15) is 10.5 Å². The molecule has 6 rings (SSSR count). The average molecular weight is 456 g/mol. The summed E-state index contributed by atoms with van der Waals surface area (Å²) in [6.07, 6.45) is 6.70. The minimum Gasteiger partial charge on any atom is -0.378 e. The Morgan fingerprint density at radius 2 is 1.82 bits per heavy atom. The van der Waals surface area contributed by atoms with Gasteiger partial charge < -0.3 is 24.9 Å². The van der Waals surface area contributed by atoms with E-state index in [4.69, 9.17) is 9.72 Å². The van der Waals surface area contributed by atoms with E-state index in [1.54, 1.807) is 43.0 Å². The van der Waals surface area contributed by atoms with E-state index >= 15 is 0 Å². The highest BCUT2D eigenvalue weighted by Gasteiger charge is 2.25. The summed E-state index contributed by atoms with van der Waals surface area (Å²) in [7, 11) is 0. The molecule has 0 bridgehead atoms. The molecule has 11 nitrogen and oxygen atoms in total. The van der Waals surface area contributed by atoms with Gasteiger partial charge >= 0.3 is 5.69 Å². The van der Waals surface area contributed by atoms with Crippen LogP contribution in [0.2, 0.25) is 0 Å². The number of ether oxygens (including phenoxy) is 1. The first-order valence-electron chi connectivity index (χ1n) is 10.8. The number of morpholine rings is 1. The molecule has 5 heterocycles. The van der Waals surface area contributed by atoms with Crippen molar-refractivity contribution in [2.75, 3.05) is 36.5 Å². The number of nitrogens with zero attached hydrogens (tertiary/aromatic N) is 5. The van der Waals surface area contributed by atoms with Crippen LogP contribution in [0.15, 0.2) is 59.9 Å². The lowest BCUT2D eigenvalue weighted by Crippen LogP contribution is -2.37. The Kier molecular flexibility index (Phi) is 4.81. The number of rotatable bonds is 4. The Morgan fingerprint density at radius 3 is 2.65 bits per heavy atom. The highest BCUT2D eigenvalue weighted by Crippen LogP contribution is 2.31. The molecule has 170 valence electrons. The maximum Gasteiger partial charge on any atom is 0.323 e. The fourth-order valence-electron chi connectivity index (χ4n) is 4.20. The summed E-state index contributed by atoms with van der Waals surface area (Å²) >= 11 is 0. The Morgan fingerprint density at radius 1 is 1.03 bits per heavy atom. The molecule has 1 saturated heterocycles. The molecule has 3 N–H and O–H groups in total. The molecule has 1 amide bonds. The van der Waals surface area contributed by atoms with Gasteiger partial charge in [-0.05, 0) is 24.3 Å². The molecule has 1 aliphatic heterocycles. The second kappa shape index (κ2) is 8.12. The zero-order chi connectivity index (χ0) is 23.1. The molecule has 34 heavy (non-hydrogen) atoms. The van der Waals surface area contributed by atoms with Crippen LogP contribution < -0.4 is 15.9 Å². The second-order valence-corrected chi connectivity index (χ2v) is 7.88. The number of fused-ring (bicyclic) bond motifs is 2. The van der Waals surface area contributed by atoms with Gasteiger partial charge in [-0.2, -0.15) is 0 Å². The van der Waals surface area contributed by atoms with Crippen molar-refractivity contribution in [3.05, 3.63) is 71.3 Å². The number of carbonyl (C=O) groups excluding carboxylic acids is 1. The summed E-state index contributed by atoms with van der Waals surface area (Å²) in [6, 6.07) is 8.91. The number of carbonyl (C=O) groups is 1. The quantitative estimate of drug-likeness (QED) is 0.377. The monoisotopic (exact) mass is 456 g/mol. The van der Waals surface area contributed by atoms with Gasteiger partial charge in [0.15, 0.2) is 17.2 Å². The van der Waals surface area contributed by atoms with Crippen molar-refractivity contribution in [1.82, 2.24) is 29.3 Å². The minimum absolute atomic E-state index is 0.247. The molecule has 5 aromatic rings. The highest BCUT2D eigenvalue weighted by molar-refractivity contribution is 6.08. The fourth-order valence-corrected chi connectivity index (χ4v) is 4.20. The molecular weight excluding hydrogens is 436 g/mol. The molecule has 4 aromatic heterocycles. The second-order valence-electron chi connectivity index (χ2n) is 7.88. The zero-order valence-corrected chi connectivity index (χ0v) is 18.0. The van der Waals surface area contributed by atoms with Gasteiger partial charge in [0.2, 0.25) is 0 Å². The normalized spacial score (nSPS) is 14.1. The molecule has 0 saturated carbocycles. The van der Waals surface area contributed by atoms with E-state index in [0.29, 0.717) is 60.2 Å². The summed E-state index contributed by atoms with van der Waals surface area (Å²) in [5.41, 5.74) is 3.79. The number of pyridine rings is 1. The van der Waals surface area contributed by atoms with Gasteiger partial charge in [0.05, 0.1) is 29.9 Å². The summed E-state index contributed by atoms with van der Waals surface area (Å²) in [4.78, 5) is 46.1. The number of anilines is 2. The van der Waals surface area contributed by atoms with Crippen molar-refractivity contribution in [3.63, 3.8) is 0 Å². The van der Waals surface area contributed by atoms with Gasteiger partial charge in [0, 0.05) is 49.1 Å². The van der Waals surface area contributed by atoms with Crippen LogP contribution in [0.3, 0.4) is 0 Å². The number of amides is 1. The minimum atomic E-state index is -0.361. The molecule has 1 aromatic carbocycles. The summed E-state index contributed by atoms with van der Waals surface area (Å²) in [5, 5.41) is 2.90.